The zero-order valence-electron chi connectivity index (χ0n) is 13.8. The zero-order chi connectivity index (χ0) is 16.8. The first-order valence-electron chi connectivity index (χ1n) is 7.64. The fourth-order valence-electron chi connectivity index (χ4n) is 1.88. The molecule has 2 rings (SSSR count). The van der Waals surface area contributed by atoms with E-state index in [-0.39, 0.29) is 11.2 Å². The molecule has 0 radical (unpaired) electrons. The highest BCUT2D eigenvalue weighted by atomic mass is 32.2. The van der Waals surface area contributed by atoms with Crippen LogP contribution in [0, 0.1) is 0 Å². The molecule has 124 valence electrons. The quantitative estimate of drug-likeness (QED) is 0.732. The van der Waals surface area contributed by atoms with E-state index in [1.165, 1.54) is 28.7 Å². The smallest absolute Gasteiger partial charge is 0.237 e. The Balaban J connectivity index is 1.91. The maximum absolute atomic E-state index is 12.3. The van der Waals surface area contributed by atoms with E-state index >= 15 is 0 Å². The van der Waals surface area contributed by atoms with Gasteiger partial charge in [-0.2, -0.15) is 0 Å². The predicted molar refractivity (Wildman–Crippen MR) is 98.6 cm³/mol. The summed E-state index contributed by atoms with van der Waals surface area (Å²) in [6, 6.07) is 7.98. The van der Waals surface area contributed by atoms with Crippen molar-refractivity contribution >= 4 is 39.8 Å². The summed E-state index contributed by atoms with van der Waals surface area (Å²) in [5, 5.41) is 14.7. The molecule has 0 saturated heterocycles. The lowest BCUT2D eigenvalue weighted by Crippen LogP contribution is -2.22. The second kappa shape index (κ2) is 8.31. The minimum atomic E-state index is -0.234. The molecule has 0 unspecified atom stereocenters. The van der Waals surface area contributed by atoms with E-state index in [1.54, 1.807) is 0 Å². The lowest BCUT2D eigenvalue weighted by atomic mass is 10.0. The van der Waals surface area contributed by atoms with Gasteiger partial charge in [0.05, 0.1) is 5.25 Å². The molecule has 0 fully saturated rings. The number of rotatable bonds is 7. The Morgan fingerprint density at radius 1 is 1.22 bits per heavy atom. The number of amides is 1. The van der Waals surface area contributed by atoms with Crippen LogP contribution in [0.1, 0.15) is 39.2 Å². The maximum atomic E-state index is 12.3. The molecular weight excluding hydrogens is 328 g/mol. The van der Waals surface area contributed by atoms with Crippen LogP contribution in [0.25, 0.3) is 0 Å². The maximum Gasteiger partial charge on any atom is 0.237 e. The second-order valence-corrected chi connectivity index (χ2v) is 7.99. The molecule has 2 N–H and O–H groups in total. The van der Waals surface area contributed by atoms with E-state index in [1.807, 2.05) is 38.1 Å². The number of carbonyl (C=O) groups is 1. The lowest BCUT2D eigenvalue weighted by Gasteiger charge is -2.11. The van der Waals surface area contributed by atoms with Gasteiger partial charge in [-0.1, -0.05) is 49.1 Å². The van der Waals surface area contributed by atoms with Crippen molar-refractivity contribution in [2.45, 2.75) is 43.2 Å². The molecule has 1 aromatic heterocycles. The monoisotopic (exact) mass is 350 g/mol. The Morgan fingerprint density at radius 2 is 1.91 bits per heavy atom. The topological polar surface area (TPSA) is 66.9 Å². The molecule has 1 atom stereocenters. The summed E-state index contributed by atoms with van der Waals surface area (Å²) in [5.41, 5.74) is 2.08. The third-order valence-corrected chi connectivity index (χ3v) is 5.29. The van der Waals surface area contributed by atoms with Crippen molar-refractivity contribution in [1.29, 1.82) is 0 Å². The van der Waals surface area contributed by atoms with E-state index in [9.17, 15) is 4.79 Å². The van der Waals surface area contributed by atoms with Crippen molar-refractivity contribution in [3.8, 4) is 0 Å². The highest BCUT2D eigenvalue weighted by Crippen LogP contribution is 2.29. The lowest BCUT2D eigenvalue weighted by molar-refractivity contribution is -0.115. The van der Waals surface area contributed by atoms with Gasteiger partial charge in [0.15, 0.2) is 4.34 Å². The van der Waals surface area contributed by atoms with Crippen LogP contribution in [0.15, 0.2) is 28.6 Å². The van der Waals surface area contributed by atoms with Gasteiger partial charge in [-0.25, -0.2) is 0 Å². The predicted octanol–water partition coefficient (Wildman–Crippen LogP) is 4.21. The number of hydrogen-bond acceptors (Lipinski definition) is 6. The molecule has 0 spiro atoms. The van der Waals surface area contributed by atoms with Crippen molar-refractivity contribution < 1.29 is 4.79 Å². The van der Waals surface area contributed by atoms with Crippen molar-refractivity contribution in [1.82, 2.24) is 10.2 Å². The number of benzene rings is 1. The largest absolute Gasteiger partial charge is 0.360 e. The van der Waals surface area contributed by atoms with Crippen LogP contribution in [0.5, 0.6) is 0 Å². The van der Waals surface area contributed by atoms with Gasteiger partial charge in [0.25, 0.3) is 0 Å². The van der Waals surface area contributed by atoms with Gasteiger partial charge in [0.2, 0.25) is 11.0 Å². The minimum Gasteiger partial charge on any atom is -0.360 e. The van der Waals surface area contributed by atoms with Crippen LogP contribution in [0.4, 0.5) is 10.8 Å². The third kappa shape index (κ3) is 5.21. The average Bonchev–Trinajstić information content (AvgIpc) is 2.95. The Bertz CT molecular complexity index is 640. The van der Waals surface area contributed by atoms with Gasteiger partial charge in [0, 0.05) is 12.2 Å². The first-order valence-corrected chi connectivity index (χ1v) is 9.34. The van der Waals surface area contributed by atoms with Crippen molar-refractivity contribution in [3.63, 3.8) is 0 Å². The fourth-order valence-corrected chi connectivity index (χ4v) is 3.84. The molecule has 0 aliphatic rings. The number of nitrogens with one attached hydrogen (secondary N) is 2. The molecular formula is C16H22N4OS2. The summed E-state index contributed by atoms with van der Waals surface area (Å²) >= 11 is 2.88. The van der Waals surface area contributed by atoms with Crippen LogP contribution in [-0.4, -0.2) is 27.9 Å². The van der Waals surface area contributed by atoms with Crippen LogP contribution in [0.2, 0.25) is 0 Å². The average molecular weight is 351 g/mol. The van der Waals surface area contributed by atoms with Crippen LogP contribution in [-0.2, 0) is 4.79 Å². The van der Waals surface area contributed by atoms with Crippen LogP contribution >= 0.6 is 23.1 Å². The van der Waals surface area contributed by atoms with Gasteiger partial charge < -0.3 is 10.6 Å². The summed E-state index contributed by atoms with van der Waals surface area (Å²) in [5.74, 6) is 0.449. The van der Waals surface area contributed by atoms with Gasteiger partial charge in [-0.3, -0.25) is 4.79 Å². The Hall–Kier alpha value is -1.60. The second-order valence-electron chi connectivity index (χ2n) is 5.43. The SMILES string of the molecule is CCNc1nnc(S[C@H](C)C(=O)Nc2ccc(C(C)C)cc2)s1. The molecule has 0 bridgehead atoms. The molecule has 1 amide bonds. The number of hydrogen-bond donors (Lipinski definition) is 2. The van der Waals surface area contributed by atoms with Gasteiger partial charge in [-0.15, -0.1) is 10.2 Å². The zero-order valence-corrected chi connectivity index (χ0v) is 15.4. The normalized spacial score (nSPS) is 12.2. The molecule has 1 heterocycles. The molecule has 23 heavy (non-hydrogen) atoms. The molecule has 7 heteroatoms. The molecule has 0 saturated carbocycles. The summed E-state index contributed by atoms with van der Waals surface area (Å²) in [6.45, 7) is 8.99. The van der Waals surface area contributed by atoms with Crippen molar-refractivity contribution in [3.05, 3.63) is 29.8 Å². The molecule has 5 nitrogen and oxygen atoms in total. The molecule has 1 aromatic carbocycles. The highest BCUT2D eigenvalue weighted by Gasteiger charge is 2.17. The number of aromatic nitrogens is 2. The summed E-state index contributed by atoms with van der Waals surface area (Å²) in [7, 11) is 0. The van der Waals surface area contributed by atoms with E-state index in [2.05, 4.69) is 34.7 Å². The number of carbonyl (C=O) groups excluding carboxylic acids is 1. The fraction of sp³-hybridized carbons (Fsp3) is 0.438. The molecule has 2 aromatic rings. The van der Waals surface area contributed by atoms with E-state index in [0.29, 0.717) is 5.92 Å². The van der Waals surface area contributed by atoms with Crippen molar-refractivity contribution in [2.24, 2.45) is 0 Å². The number of thioether (sulfide) groups is 1. The summed E-state index contributed by atoms with van der Waals surface area (Å²) < 4.78 is 0.791. The minimum absolute atomic E-state index is 0.0347. The standard InChI is InChI=1S/C16H22N4OS2/c1-5-17-15-19-20-16(23-15)22-11(4)14(21)18-13-8-6-12(7-9-13)10(2)3/h6-11H,5H2,1-4H3,(H,17,19)(H,18,21)/t11-/m1/s1. The summed E-state index contributed by atoms with van der Waals surface area (Å²) in [4.78, 5) is 12.3. The Labute approximate surface area is 145 Å². The summed E-state index contributed by atoms with van der Waals surface area (Å²) in [6.07, 6.45) is 0. The van der Waals surface area contributed by atoms with E-state index in [0.717, 1.165) is 21.7 Å². The van der Waals surface area contributed by atoms with Gasteiger partial charge in [0.1, 0.15) is 0 Å². The van der Waals surface area contributed by atoms with Crippen LogP contribution < -0.4 is 10.6 Å². The van der Waals surface area contributed by atoms with Gasteiger partial charge in [-0.05, 0) is 37.5 Å². The first-order chi connectivity index (χ1) is 11.0. The van der Waals surface area contributed by atoms with Gasteiger partial charge >= 0.3 is 0 Å². The molecule has 0 aliphatic heterocycles. The van der Waals surface area contributed by atoms with Crippen molar-refractivity contribution in [2.75, 3.05) is 17.2 Å². The van der Waals surface area contributed by atoms with E-state index < -0.39 is 0 Å². The van der Waals surface area contributed by atoms with E-state index in [4.69, 9.17) is 0 Å². The number of nitrogens with zero attached hydrogens (tertiary/aromatic N) is 2. The first kappa shape index (κ1) is 17.7. The Kier molecular flexibility index (Phi) is 6.41. The molecule has 0 aliphatic carbocycles. The van der Waals surface area contributed by atoms with Crippen LogP contribution in [0.3, 0.4) is 0 Å². The highest BCUT2D eigenvalue weighted by molar-refractivity contribution is 8.02. The Morgan fingerprint density at radius 3 is 2.52 bits per heavy atom. The number of anilines is 2. The third-order valence-electron chi connectivity index (χ3n) is 3.23.